The molecule has 3 aromatic heterocycles. The Morgan fingerprint density at radius 1 is 1.21 bits per heavy atom. The molecule has 2 fully saturated rings. The normalized spacial score (nSPS) is 26.0. The molecule has 2 aliphatic rings. The van der Waals surface area contributed by atoms with Crippen molar-refractivity contribution in [3.63, 3.8) is 0 Å². The lowest BCUT2D eigenvalue weighted by atomic mass is 9.76. The number of aromatic amines is 1. The van der Waals surface area contributed by atoms with Gasteiger partial charge in [0.25, 0.3) is 0 Å². The minimum atomic E-state index is -4.36. The number of nitrogen functional groups attached to an aromatic ring is 1. The lowest BCUT2D eigenvalue weighted by Crippen LogP contribution is -2.44. The molecule has 0 amide bonds. The van der Waals surface area contributed by atoms with Crippen LogP contribution in [0.5, 0.6) is 0 Å². The van der Waals surface area contributed by atoms with Crippen LogP contribution in [-0.2, 0) is 18.3 Å². The molecule has 0 saturated heterocycles. The molecule has 11 heteroatoms. The van der Waals surface area contributed by atoms with Crippen LogP contribution in [0, 0.1) is 11.8 Å². The van der Waals surface area contributed by atoms with E-state index in [1.54, 1.807) is 0 Å². The zero-order chi connectivity index (χ0) is 26.7. The number of hydrogen-bond acceptors (Lipinski definition) is 6. The predicted octanol–water partition coefficient (Wildman–Crippen LogP) is 4.70. The van der Waals surface area contributed by atoms with Crippen LogP contribution in [0.4, 0.5) is 19.0 Å². The van der Waals surface area contributed by atoms with Gasteiger partial charge in [-0.25, -0.2) is 15.0 Å². The van der Waals surface area contributed by atoms with Gasteiger partial charge in [0.2, 0.25) is 0 Å². The molecule has 0 spiro atoms. The second-order valence-corrected chi connectivity index (χ2v) is 11.2. The smallest absolute Gasteiger partial charge is 0.383 e. The van der Waals surface area contributed by atoms with E-state index in [2.05, 4.69) is 31.9 Å². The molecule has 2 atom stereocenters. The van der Waals surface area contributed by atoms with Gasteiger partial charge in [-0.1, -0.05) is 0 Å². The third-order valence-corrected chi connectivity index (χ3v) is 8.56. The Labute approximate surface area is 218 Å². The monoisotopic (exact) mass is 527 g/mol. The number of halogens is 3. The molecular weight excluding hydrogens is 495 g/mol. The fourth-order valence-electron chi connectivity index (χ4n) is 6.33. The fraction of sp³-hybridized carbons (Fsp3) is 0.519. The van der Waals surface area contributed by atoms with Crippen LogP contribution in [0.2, 0.25) is 0 Å². The first-order valence-electron chi connectivity index (χ1n) is 13.2. The van der Waals surface area contributed by atoms with E-state index in [1.807, 2.05) is 16.8 Å². The molecule has 0 radical (unpaired) electrons. The van der Waals surface area contributed by atoms with Gasteiger partial charge in [-0.15, -0.1) is 0 Å². The standard InChI is InChI=1S/C27H32F3N7O/c1-36(14-17-6-8-26(38,13-17)37-9-7-20-24(31)32-15-33-25(20)37)19-10-16(11-19)2-5-23-34-21-4-3-18(27(28,29)30)12-22(21)35-23/h3-4,7,9,12,15-17,19,38H,2,5-6,8,10-11,13-14H2,1H3,(H,34,35)(H2,31,32,33). The largest absolute Gasteiger partial charge is 0.416 e. The highest BCUT2D eigenvalue weighted by atomic mass is 19.4. The van der Waals surface area contributed by atoms with Gasteiger partial charge in [0.15, 0.2) is 0 Å². The first-order valence-corrected chi connectivity index (χ1v) is 13.2. The summed E-state index contributed by atoms with van der Waals surface area (Å²) in [5, 5.41) is 12.2. The van der Waals surface area contributed by atoms with E-state index in [0.717, 1.165) is 62.0 Å². The van der Waals surface area contributed by atoms with Crippen LogP contribution in [0.3, 0.4) is 0 Å². The average Bonchev–Trinajstić information content (AvgIpc) is 3.54. The van der Waals surface area contributed by atoms with Gasteiger partial charge in [0, 0.05) is 25.2 Å². The predicted molar refractivity (Wildman–Crippen MR) is 138 cm³/mol. The molecule has 202 valence electrons. The van der Waals surface area contributed by atoms with Crippen molar-refractivity contribution < 1.29 is 18.3 Å². The van der Waals surface area contributed by atoms with Crippen molar-refractivity contribution in [3.8, 4) is 0 Å². The molecule has 8 nitrogen and oxygen atoms in total. The summed E-state index contributed by atoms with van der Waals surface area (Å²) in [5.74, 6) is 2.13. The molecule has 6 rings (SSSR count). The lowest BCUT2D eigenvalue weighted by molar-refractivity contribution is -0.137. The molecule has 2 aliphatic carbocycles. The summed E-state index contributed by atoms with van der Waals surface area (Å²) in [5.41, 5.74) is 6.01. The van der Waals surface area contributed by atoms with Crippen molar-refractivity contribution >= 4 is 27.9 Å². The van der Waals surface area contributed by atoms with E-state index in [9.17, 15) is 18.3 Å². The van der Waals surface area contributed by atoms with Crippen LogP contribution < -0.4 is 5.73 Å². The Morgan fingerprint density at radius 3 is 2.82 bits per heavy atom. The van der Waals surface area contributed by atoms with Crippen molar-refractivity contribution in [1.82, 2.24) is 29.4 Å². The SMILES string of the molecule is CN(CC1CCC(O)(n2ccc3c(N)ncnc32)C1)C1CC(CCc2nc3ccc(C(F)(F)F)cc3[nH]2)C1. The summed E-state index contributed by atoms with van der Waals surface area (Å²) in [7, 11) is 2.16. The number of hydrogen-bond donors (Lipinski definition) is 3. The van der Waals surface area contributed by atoms with E-state index < -0.39 is 17.5 Å². The number of aromatic nitrogens is 5. The van der Waals surface area contributed by atoms with Gasteiger partial charge in [-0.2, -0.15) is 13.2 Å². The van der Waals surface area contributed by atoms with Gasteiger partial charge in [0.05, 0.1) is 22.0 Å². The number of benzene rings is 1. The molecule has 38 heavy (non-hydrogen) atoms. The number of anilines is 1. The minimum absolute atomic E-state index is 0.387. The Morgan fingerprint density at radius 2 is 2.03 bits per heavy atom. The molecule has 3 heterocycles. The molecule has 0 bridgehead atoms. The second-order valence-electron chi connectivity index (χ2n) is 11.2. The number of imidazole rings is 1. The van der Waals surface area contributed by atoms with Crippen molar-refractivity contribution in [2.45, 2.75) is 62.9 Å². The van der Waals surface area contributed by atoms with Gasteiger partial charge >= 0.3 is 6.18 Å². The van der Waals surface area contributed by atoms with Gasteiger partial charge in [-0.05, 0) is 81.7 Å². The number of fused-ring (bicyclic) bond motifs is 2. The van der Waals surface area contributed by atoms with Crippen LogP contribution in [0.15, 0.2) is 36.8 Å². The molecule has 1 aromatic carbocycles. The third-order valence-electron chi connectivity index (χ3n) is 8.56. The number of rotatable bonds is 7. The zero-order valence-corrected chi connectivity index (χ0v) is 21.2. The maximum atomic E-state index is 13.0. The quantitative estimate of drug-likeness (QED) is 0.322. The van der Waals surface area contributed by atoms with Crippen molar-refractivity contribution in [3.05, 3.63) is 48.2 Å². The van der Waals surface area contributed by atoms with Crippen LogP contribution >= 0.6 is 0 Å². The number of H-pyrrole nitrogens is 1. The highest BCUT2D eigenvalue weighted by Crippen LogP contribution is 2.42. The second kappa shape index (κ2) is 9.23. The molecule has 4 aromatic rings. The fourth-order valence-corrected chi connectivity index (χ4v) is 6.33. The minimum Gasteiger partial charge on any atom is -0.383 e. The van der Waals surface area contributed by atoms with E-state index in [1.165, 1.54) is 12.4 Å². The lowest BCUT2D eigenvalue weighted by Gasteiger charge is -2.42. The van der Waals surface area contributed by atoms with Crippen molar-refractivity contribution in [2.24, 2.45) is 11.8 Å². The molecule has 4 N–H and O–H groups in total. The van der Waals surface area contributed by atoms with Crippen LogP contribution in [-0.4, -0.2) is 54.1 Å². The van der Waals surface area contributed by atoms with Crippen LogP contribution in [0.1, 0.15) is 49.9 Å². The number of aryl methyl sites for hydroxylation is 1. The van der Waals surface area contributed by atoms with E-state index >= 15 is 0 Å². The van der Waals surface area contributed by atoms with Crippen LogP contribution in [0.25, 0.3) is 22.1 Å². The van der Waals surface area contributed by atoms with E-state index in [0.29, 0.717) is 53.2 Å². The van der Waals surface area contributed by atoms with Gasteiger partial charge in [0.1, 0.15) is 29.3 Å². The molecule has 2 unspecified atom stereocenters. The highest BCUT2D eigenvalue weighted by molar-refractivity contribution is 5.86. The number of nitrogens with zero attached hydrogens (tertiary/aromatic N) is 5. The summed E-state index contributed by atoms with van der Waals surface area (Å²) in [4.78, 5) is 18.3. The summed E-state index contributed by atoms with van der Waals surface area (Å²) < 4.78 is 40.8. The number of alkyl halides is 3. The third kappa shape index (κ3) is 4.62. The molecule has 2 saturated carbocycles. The van der Waals surface area contributed by atoms with Gasteiger partial charge < -0.3 is 25.3 Å². The number of nitrogens with two attached hydrogens (primary N) is 1. The summed E-state index contributed by atoms with van der Waals surface area (Å²) in [6.45, 7) is 0.932. The molecular formula is C27H32F3N7O. The first kappa shape index (κ1) is 25.1. The van der Waals surface area contributed by atoms with Crippen molar-refractivity contribution in [2.75, 3.05) is 19.3 Å². The Hall–Kier alpha value is -3.18. The topological polar surface area (TPSA) is 109 Å². The zero-order valence-electron chi connectivity index (χ0n) is 21.2. The highest BCUT2D eigenvalue weighted by Gasteiger charge is 2.41. The Bertz CT molecular complexity index is 1460. The van der Waals surface area contributed by atoms with Gasteiger partial charge in [-0.3, -0.25) is 0 Å². The number of aliphatic hydroxyl groups is 1. The Kier molecular flexibility index (Phi) is 6.10. The average molecular weight is 528 g/mol. The summed E-state index contributed by atoms with van der Waals surface area (Å²) >= 11 is 0. The van der Waals surface area contributed by atoms with E-state index in [-0.39, 0.29) is 0 Å². The summed E-state index contributed by atoms with van der Waals surface area (Å²) in [6.07, 6.45) is 5.12. The maximum Gasteiger partial charge on any atom is 0.416 e. The molecule has 0 aliphatic heterocycles. The summed E-state index contributed by atoms with van der Waals surface area (Å²) in [6, 6.07) is 6.01. The maximum absolute atomic E-state index is 13.0. The number of nitrogens with one attached hydrogen (secondary N) is 1. The first-order chi connectivity index (χ1) is 18.1. The van der Waals surface area contributed by atoms with E-state index in [4.69, 9.17) is 5.73 Å². The van der Waals surface area contributed by atoms with Crippen molar-refractivity contribution in [1.29, 1.82) is 0 Å². The Balaban J connectivity index is 0.991.